The van der Waals surface area contributed by atoms with Crippen LogP contribution < -0.4 is 10.1 Å². The van der Waals surface area contributed by atoms with E-state index in [9.17, 15) is 30.0 Å². The number of nitrogens with one attached hydrogen (secondary N) is 1. The van der Waals surface area contributed by atoms with E-state index in [0.29, 0.717) is 11.3 Å². The number of ether oxygens (including phenoxy) is 2. The van der Waals surface area contributed by atoms with E-state index in [1.165, 1.54) is 18.2 Å². The second-order valence-corrected chi connectivity index (χ2v) is 6.20. The number of anilines is 1. The Kier molecular flexibility index (Phi) is 5.12. The van der Waals surface area contributed by atoms with Crippen LogP contribution in [-0.2, 0) is 14.3 Å². The maximum absolute atomic E-state index is 11.9. The molecule has 1 aromatic carbocycles. The summed E-state index contributed by atoms with van der Waals surface area (Å²) in [4.78, 5) is 22.9. The quantitative estimate of drug-likeness (QED) is 0.357. The van der Waals surface area contributed by atoms with Gasteiger partial charge in [0.2, 0.25) is 12.2 Å². The van der Waals surface area contributed by atoms with Crippen molar-refractivity contribution in [3.8, 4) is 5.75 Å². The molecular formula is C16H19NO9. The van der Waals surface area contributed by atoms with E-state index in [-0.39, 0.29) is 12.2 Å². The van der Waals surface area contributed by atoms with Gasteiger partial charge in [-0.25, -0.2) is 0 Å². The number of benzene rings is 1. The number of carboxylic acids is 1. The standard InChI is InChI=1S/C16H19NO9/c18-5-10-12(21)13(22)14(23)16(26-10)25-6-1-2-9-7(3-6)8(4-11(19)20)15(24)17-9/h1-3,8,10,12-14,16,18,21-23H,4-5H2,(H,17,24)(H,19,20)/t8?,10-,12-,13+,14-,16-/m1/s1. The summed E-state index contributed by atoms with van der Waals surface area (Å²) >= 11 is 0. The lowest BCUT2D eigenvalue weighted by Gasteiger charge is -2.39. The number of fused-ring (bicyclic) bond motifs is 1. The van der Waals surface area contributed by atoms with Crippen LogP contribution >= 0.6 is 0 Å². The van der Waals surface area contributed by atoms with Crippen molar-refractivity contribution in [2.75, 3.05) is 11.9 Å². The topological polar surface area (TPSA) is 166 Å². The van der Waals surface area contributed by atoms with Gasteiger partial charge in [0.1, 0.15) is 30.2 Å². The van der Waals surface area contributed by atoms with Gasteiger partial charge in [0, 0.05) is 5.69 Å². The second-order valence-electron chi connectivity index (χ2n) is 6.20. The summed E-state index contributed by atoms with van der Waals surface area (Å²) in [7, 11) is 0. The molecule has 1 aromatic rings. The van der Waals surface area contributed by atoms with Gasteiger partial charge < -0.3 is 40.3 Å². The zero-order valence-electron chi connectivity index (χ0n) is 13.5. The van der Waals surface area contributed by atoms with Crippen molar-refractivity contribution in [3.63, 3.8) is 0 Å². The Morgan fingerprint density at radius 3 is 2.58 bits per heavy atom. The molecule has 0 aliphatic carbocycles. The minimum atomic E-state index is -1.58. The molecule has 10 heteroatoms. The number of hydrogen-bond acceptors (Lipinski definition) is 8. The molecule has 142 valence electrons. The molecule has 0 radical (unpaired) electrons. The highest BCUT2D eigenvalue weighted by molar-refractivity contribution is 6.04. The van der Waals surface area contributed by atoms with Crippen LogP contribution in [0.15, 0.2) is 18.2 Å². The monoisotopic (exact) mass is 369 g/mol. The SMILES string of the molecule is O=C(O)CC1C(=O)Nc2ccc(O[C@@H]3O[C@H](CO)[C@@H](O)[C@H](O)[C@H]3O)cc21. The van der Waals surface area contributed by atoms with Crippen molar-refractivity contribution >= 4 is 17.6 Å². The van der Waals surface area contributed by atoms with Crippen LogP contribution in [0.25, 0.3) is 0 Å². The van der Waals surface area contributed by atoms with E-state index in [1.54, 1.807) is 0 Å². The zero-order valence-corrected chi connectivity index (χ0v) is 13.5. The van der Waals surface area contributed by atoms with Crippen molar-refractivity contribution in [1.82, 2.24) is 0 Å². The summed E-state index contributed by atoms with van der Waals surface area (Å²) in [6, 6.07) is 4.44. The molecule has 2 aliphatic rings. The van der Waals surface area contributed by atoms with Crippen LogP contribution in [-0.4, -0.2) is 74.7 Å². The maximum atomic E-state index is 11.9. The lowest BCUT2D eigenvalue weighted by molar-refractivity contribution is -0.277. The zero-order chi connectivity index (χ0) is 19.0. The molecule has 1 amide bonds. The summed E-state index contributed by atoms with van der Waals surface area (Å²) < 4.78 is 10.7. The van der Waals surface area contributed by atoms with Crippen molar-refractivity contribution in [3.05, 3.63) is 23.8 Å². The molecular weight excluding hydrogens is 350 g/mol. The highest BCUT2D eigenvalue weighted by Gasteiger charge is 2.45. The normalized spacial score (nSPS) is 33.5. The number of carboxylic acid groups (broad SMARTS) is 1. The Morgan fingerprint density at radius 1 is 1.19 bits per heavy atom. The van der Waals surface area contributed by atoms with Crippen LogP contribution in [0.5, 0.6) is 5.75 Å². The minimum absolute atomic E-state index is 0.167. The van der Waals surface area contributed by atoms with Crippen LogP contribution in [0.1, 0.15) is 17.9 Å². The van der Waals surface area contributed by atoms with Crippen LogP contribution in [0.2, 0.25) is 0 Å². The predicted molar refractivity (Wildman–Crippen MR) is 84.5 cm³/mol. The summed E-state index contributed by atoms with van der Waals surface area (Å²) in [6.07, 6.45) is -7.53. The number of aliphatic hydroxyl groups is 4. The third-order valence-corrected chi connectivity index (χ3v) is 4.45. The Bertz CT molecular complexity index is 707. The van der Waals surface area contributed by atoms with Gasteiger partial charge in [0.05, 0.1) is 18.9 Å². The number of aliphatic carboxylic acids is 1. The molecule has 10 nitrogen and oxygen atoms in total. The number of carbonyl (C=O) groups is 2. The second kappa shape index (κ2) is 7.17. The van der Waals surface area contributed by atoms with Gasteiger partial charge in [-0.05, 0) is 23.8 Å². The lowest BCUT2D eigenvalue weighted by Crippen LogP contribution is -2.60. The molecule has 3 rings (SSSR count). The number of aliphatic hydroxyl groups excluding tert-OH is 4. The highest BCUT2D eigenvalue weighted by Crippen LogP contribution is 2.37. The molecule has 1 unspecified atom stereocenters. The van der Waals surface area contributed by atoms with Gasteiger partial charge >= 0.3 is 5.97 Å². The number of rotatable bonds is 5. The first-order chi connectivity index (χ1) is 12.3. The predicted octanol–water partition coefficient (Wildman–Crippen LogP) is -1.62. The number of carbonyl (C=O) groups excluding carboxylic acids is 1. The molecule has 2 heterocycles. The van der Waals surface area contributed by atoms with Crippen molar-refractivity contribution in [2.45, 2.75) is 43.0 Å². The van der Waals surface area contributed by atoms with Gasteiger partial charge in [-0.15, -0.1) is 0 Å². The average molecular weight is 369 g/mol. The van der Waals surface area contributed by atoms with E-state index < -0.39 is 55.1 Å². The van der Waals surface area contributed by atoms with Crippen LogP contribution in [0.3, 0.4) is 0 Å². The molecule has 1 saturated heterocycles. The first-order valence-corrected chi connectivity index (χ1v) is 7.95. The van der Waals surface area contributed by atoms with Gasteiger partial charge in [-0.2, -0.15) is 0 Å². The lowest BCUT2D eigenvalue weighted by atomic mass is 9.97. The fraction of sp³-hybridized carbons (Fsp3) is 0.500. The third-order valence-electron chi connectivity index (χ3n) is 4.45. The van der Waals surface area contributed by atoms with E-state index in [1.807, 2.05) is 0 Å². The van der Waals surface area contributed by atoms with E-state index in [4.69, 9.17) is 14.6 Å². The molecule has 0 saturated carbocycles. The first-order valence-electron chi connectivity index (χ1n) is 7.95. The Balaban J connectivity index is 1.80. The van der Waals surface area contributed by atoms with Crippen molar-refractivity contribution in [2.24, 2.45) is 0 Å². The minimum Gasteiger partial charge on any atom is -0.481 e. The Morgan fingerprint density at radius 2 is 1.92 bits per heavy atom. The van der Waals surface area contributed by atoms with Crippen LogP contribution in [0.4, 0.5) is 5.69 Å². The molecule has 0 spiro atoms. The molecule has 0 bridgehead atoms. The highest BCUT2D eigenvalue weighted by atomic mass is 16.7. The fourth-order valence-corrected chi connectivity index (χ4v) is 3.05. The van der Waals surface area contributed by atoms with Crippen LogP contribution in [0, 0.1) is 0 Å². The Hall–Kier alpha value is -2.24. The maximum Gasteiger partial charge on any atom is 0.304 e. The third kappa shape index (κ3) is 3.37. The average Bonchev–Trinajstić information content (AvgIpc) is 2.90. The summed E-state index contributed by atoms with van der Waals surface area (Å²) in [5.41, 5.74) is 0.891. The van der Waals surface area contributed by atoms with E-state index >= 15 is 0 Å². The van der Waals surface area contributed by atoms with Gasteiger partial charge in [0.15, 0.2) is 0 Å². The van der Waals surface area contributed by atoms with Crippen molar-refractivity contribution in [1.29, 1.82) is 0 Å². The number of hydrogen-bond donors (Lipinski definition) is 6. The summed E-state index contributed by atoms with van der Waals surface area (Å²) in [5.74, 6) is -2.27. The molecule has 1 fully saturated rings. The molecule has 6 atom stereocenters. The summed E-state index contributed by atoms with van der Waals surface area (Å²) in [6.45, 7) is -0.589. The summed E-state index contributed by atoms with van der Waals surface area (Å²) in [5, 5.41) is 50.3. The molecule has 6 N–H and O–H groups in total. The molecule has 0 aromatic heterocycles. The van der Waals surface area contributed by atoms with Gasteiger partial charge in [-0.1, -0.05) is 0 Å². The van der Waals surface area contributed by atoms with Gasteiger partial charge in [-0.3, -0.25) is 9.59 Å². The fourth-order valence-electron chi connectivity index (χ4n) is 3.05. The Labute approximate surface area is 147 Å². The molecule has 26 heavy (non-hydrogen) atoms. The molecule has 2 aliphatic heterocycles. The van der Waals surface area contributed by atoms with Crippen molar-refractivity contribution < 1.29 is 44.6 Å². The first kappa shape index (κ1) is 18.5. The largest absolute Gasteiger partial charge is 0.481 e. The van der Waals surface area contributed by atoms with E-state index in [2.05, 4.69) is 5.32 Å². The number of amides is 1. The van der Waals surface area contributed by atoms with Gasteiger partial charge in [0.25, 0.3) is 0 Å². The smallest absolute Gasteiger partial charge is 0.304 e. The van der Waals surface area contributed by atoms with E-state index in [0.717, 1.165) is 0 Å².